The SMILES string of the molecule is CC(=O)NCCN(C(=O)C(C)Oc1cccc(Cl)c1Cl)C(C)C(=O)O. The van der Waals surface area contributed by atoms with Gasteiger partial charge in [0, 0.05) is 20.0 Å². The molecule has 2 amide bonds. The zero-order valence-electron chi connectivity index (χ0n) is 14.1. The number of nitrogens with one attached hydrogen (secondary N) is 1. The monoisotopic (exact) mass is 390 g/mol. The number of amides is 2. The lowest BCUT2D eigenvalue weighted by Crippen LogP contribution is -2.51. The lowest BCUT2D eigenvalue weighted by molar-refractivity contribution is -0.152. The molecule has 0 bridgehead atoms. The molecule has 138 valence electrons. The Kier molecular flexibility index (Phi) is 7.99. The van der Waals surface area contributed by atoms with Gasteiger partial charge in [0.1, 0.15) is 16.8 Å². The van der Waals surface area contributed by atoms with Gasteiger partial charge in [-0.25, -0.2) is 4.79 Å². The van der Waals surface area contributed by atoms with Crippen LogP contribution in [0.25, 0.3) is 0 Å². The highest BCUT2D eigenvalue weighted by atomic mass is 35.5. The Morgan fingerprint density at radius 3 is 2.48 bits per heavy atom. The van der Waals surface area contributed by atoms with Crippen LogP contribution in [-0.2, 0) is 14.4 Å². The first kappa shape index (κ1) is 21.1. The third kappa shape index (κ3) is 6.10. The van der Waals surface area contributed by atoms with Crippen LogP contribution in [0.15, 0.2) is 18.2 Å². The number of ether oxygens (including phenoxy) is 1. The molecule has 0 aliphatic rings. The summed E-state index contributed by atoms with van der Waals surface area (Å²) in [6.07, 6.45) is -0.991. The molecule has 2 unspecified atom stereocenters. The third-order valence-electron chi connectivity index (χ3n) is 3.40. The molecular weight excluding hydrogens is 371 g/mol. The molecule has 0 fully saturated rings. The molecule has 0 spiro atoms. The van der Waals surface area contributed by atoms with Gasteiger partial charge >= 0.3 is 5.97 Å². The largest absolute Gasteiger partial charge is 0.480 e. The van der Waals surface area contributed by atoms with E-state index in [4.69, 9.17) is 27.9 Å². The van der Waals surface area contributed by atoms with Crippen LogP contribution in [0.4, 0.5) is 0 Å². The summed E-state index contributed by atoms with van der Waals surface area (Å²) in [7, 11) is 0. The number of carboxylic acids is 1. The smallest absolute Gasteiger partial charge is 0.326 e. The zero-order valence-corrected chi connectivity index (χ0v) is 15.6. The molecule has 2 N–H and O–H groups in total. The van der Waals surface area contributed by atoms with Gasteiger partial charge < -0.3 is 20.1 Å². The van der Waals surface area contributed by atoms with E-state index in [0.717, 1.165) is 4.90 Å². The average molecular weight is 391 g/mol. The fourth-order valence-corrected chi connectivity index (χ4v) is 2.37. The summed E-state index contributed by atoms with van der Waals surface area (Å²) >= 11 is 11.9. The minimum Gasteiger partial charge on any atom is -0.480 e. The highest BCUT2D eigenvalue weighted by Crippen LogP contribution is 2.32. The van der Waals surface area contributed by atoms with E-state index in [9.17, 15) is 19.5 Å². The van der Waals surface area contributed by atoms with Crippen molar-refractivity contribution < 1.29 is 24.2 Å². The molecule has 0 saturated heterocycles. The minimum absolute atomic E-state index is 0.0306. The van der Waals surface area contributed by atoms with Crippen LogP contribution >= 0.6 is 23.2 Å². The van der Waals surface area contributed by atoms with Crippen molar-refractivity contribution in [3.63, 3.8) is 0 Å². The molecule has 1 aromatic carbocycles. The molecule has 0 aliphatic heterocycles. The fraction of sp³-hybridized carbons (Fsp3) is 0.438. The van der Waals surface area contributed by atoms with E-state index in [0.29, 0.717) is 0 Å². The fourth-order valence-electron chi connectivity index (χ4n) is 2.03. The van der Waals surface area contributed by atoms with Crippen molar-refractivity contribution >= 4 is 41.0 Å². The van der Waals surface area contributed by atoms with Gasteiger partial charge in [-0.3, -0.25) is 9.59 Å². The minimum atomic E-state index is -1.16. The third-order valence-corrected chi connectivity index (χ3v) is 4.20. The Hall–Kier alpha value is -1.99. The maximum Gasteiger partial charge on any atom is 0.326 e. The van der Waals surface area contributed by atoms with E-state index in [1.165, 1.54) is 20.8 Å². The molecule has 2 atom stereocenters. The van der Waals surface area contributed by atoms with E-state index >= 15 is 0 Å². The summed E-state index contributed by atoms with van der Waals surface area (Å²) in [5, 5.41) is 12.2. The first-order valence-electron chi connectivity index (χ1n) is 7.53. The number of carbonyl (C=O) groups excluding carboxylic acids is 2. The number of hydrogen-bond acceptors (Lipinski definition) is 4. The molecule has 0 heterocycles. The Morgan fingerprint density at radius 2 is 1.92 bits per heavy atom. The molecule has 25 heavy (non-hydrogen) atoms. The number of nitrogens with zero attached hydrogens (tertiary/aromatic N) is 1. The van der Waals surface area contributed by atoms with Crippen LogP contribution in [0.1, 0.15) is 20.8 Å². The molecule has 0 aliphatic carbocycles. The number of benzene rings is 1. The predicted molar refractivity (Wildman–Crippen MR) is 94.0 cm³/mol. The highest BCUT2D eigenvalue weighted by molar-refractivity contribution is 6.42. The molecule has 0 aromatic heterocycles. The second kappa shape index (κ2) is 9.48. The van der Waals surface area contributed by atoms with Gasteiger partial charge in [-0.2, -0.15) is 0 Å². The Balaban J connectivity index is 2.88. The Bertz CT molecular complexity index is 653. The number of carboxylic acid groups (broad SMARTS) is 1. The molecule has 7 nitrogen and oxygen atoms in total. The Morgan fingerprint density at radius 1 is 1.28 bits per heavy atom. The van der Waals surface area contributed by atoms with Gasteiger partial charge in [0.25, 0.3) is 5.91 Å². The van der Waals surface area contributed by atoms with E-state index < -0.39 is 24.0 Å². The number of rotatable bonds is 8. The normalized spacial score (nSPS) is 12.8. The lowest BCUT2D eigenvalue weighted by Gasteiger charge is -2.29. The second-order valence-electron chi connectivity index (χ2n) is 5.34. The second-order valence-corrected chi connectivity index (χ2v) is 6.13. The van der Waals surface area contributed by atoms with Gasteiger partial charge in [-0.05, 0) is 26.0 Å². The van der Waals surface area contributed by atoms with Crippen molar-refractivity contribution in [2.75, 3.05) is 13.1 Å². The van der Waals surface area contributed by atoms with E-state index in [1.807, 2.05) is 0 Å². The van der Waals surface area contributed by atoms with Gasteiger partial charge in [0.15, 0.2) is 6.10 Å². The molecule has 0 saturated carbocycles. The van der Waals surface area contributed by atoms with Crippen LogP contribution in [0, 0.1) is 0 Å². The van der Waals surface area contributed by atoms with Crippen molar-refractivity contribution in [3.05, 3.63) is 28.2 Å². The summed E-state index contributed by atoms with van der Waals surface area (Å²) in [6.45, 7) is 4.36. The highest BCUT2D eigenvalue weighted by Gasteiger charge is 2.30. The van der Waals surface area contributed by atoms with Crippen LogP contribution < -0.4 is 10.1 Å². The molecule has 9 heteroatoms. The first-order chi connectivity index (χ1) is 11.6. The van der Waals surface area contributed by atoms with E-state index in [-0.39, 0.29) is 34.8 Å². The summed E-state index contributed by atoms with van der Waals surface area (Å²) < 4.78 is 5.54. The van der Waals surface area contributed by atoms with Crippen LogP contribution in [0.3, 0.4) is 0 Å². The van der Waals surface area contributed by atoms with E-state index in [2.05, 4.69) is 5.32 Å². The topological polar surface area (TPSA) is 95.9 Å². The van der Waals surface area contributed by atoms with Gasteiger partial charge in [0.2, 0.25) is 5.91 Å². The van der Waals surface area contributed by atoms with E-state index in [1.54, 1.807) is 18.2 Å². The maximum absolute atomic E-state index is 12.6. The number of hydrogen-bond donors (Lipinski definition) is 2. The summed E-state index contributed by atoms with van der Waals surface area (Å²) in [5.41, 5.74) is 0. The Labute approximate surface area is 155 Å². The lowest BCUT2D eigenvalue weighted by atomic mass is 10.2. The van der Waals surface area contributed by atoms with Gasteiger partial charge in [0.05, 0.1) is 5.02 Å². The maximum atomic E-state index is 12.6. The van der Waals surface area contributed by atoms with Crippen LogP contribution in [0.5, 0.6) is 5.75 Å². The summed E-state index contributed by atoms with van der Waals surface area (Å²) in [6, 6.07) is 3.67. The molecule has 1 rings (SSSR count). The number of carbonyl (C=O) groups is 3. The van der Waals surface area contributed by atoms with Crippen molar-refractivity contribution in [2.24, 2.45) is 0 Å². The zero-order chi connectivity index (χ0) is 19.1. The molecule has 0 radical (unpaired) electrons. The van der Waals surface area contributed by atoms with Crippen LogP contribution in [-0.4, -0.2) is 53.0 Å². The number of aliphatic carboxylic acids is 1. The standard InChI is InChI=1S/C16H20Cl2N2O5/c1-9(16(23)24)20(8-7-19-11(3)21)15(22)10(2)25-13-6-4-5-12(17)14(13)18/h4-6,9-10H,7-8H2,1-3H3,(H,19,21)(H,23,24). The van der Waals surface area contributed by atoms with Crippen molar-refractivity contribution in [3.8, 4) is 5.75 Å². The quantitative estimate of drug-likeness (QED) is 0.709. The summed E-state index contributed by atoms with van der Waals surface area (Å²) in [5.74, 6) is -1.76. The average Bonchev–Trinajstić information content (AvgIpc) is 2.54. The van der Waals surface area contributed by atoms with Crippen molar-refractivity contribution in [1.82, 2.24) is 10.2 Å². The van der Waals surface area contributed by atoms with Gasteiger partial charge in [-0.15, -0.1) is 0 Å². The first-order valence-corrected chi connectivity index (χ1v) is 8.29. The predicted octanol–water partition coefficient (Wildman–Crippen LogP) is 2.20. The molecular formula is C16H20Cl2N2O5. The molecule has 1 aromatic rings. The van der Waals surface area contributed by atoms with Crippen molar-refractivity contribution in [2.45, 2.75) is 32.9 Å². The van der Waals surface area contributed by atoms with Gasteiger partial charge in [-0.1, -0.05) is 29.3 Å². The summed E-state index contributed by atoms with van der Waals surface area (Å²) in [4.78, 5) is 36.0. The van der Waals surface area contributed by atoms with Crippen LogP contribution in [0.2, 0.25) is 10.0 Å². The number of halogens is 2. The van der Waals surface area contributed by atoms with Crippen molar-refractivity contribution in [1.29, 1.82) is 0 Å².